The van der Waals surface area contributed by atoms with Gasteiger partial charge in [0.15, 0.2) is 5.79 Å². The number of esters is 1. The molecule has 2 aliphatic heterocycles. The third kappa shape index (κ3) is 6.48. The maximum absolute atomic E-state index is 13.2. The first-order chi connectivity index (χ1) is 16.0. The second-order valence-corrected chi connectivity index (χ2v) is 9.90. The minimum atomic E-state index is -0.758. The van der Waals surface area contributed by atoms with E-state index in [1.165, 1.54) is 0 Å². The Morgan fingerprint density at radius 3 is 2.59 bits per heavy atom. The quantitative estimate of drug-likeness (QED) is 0.503. The lowest BCUT2D eigenvalue weighted by Crippen LogP contribution is -2.29. The number of hydrogen-bond acceptors (Lipinski definition) is 7. The number of nitrogens with two attached hydrogens (primary N) is 1. The Balaban J connectivity index is 1.99. The van der Waals surface area contributed by atoms with Crippen LogP contribution in [0.2, 0.25) is 0 Å². The Morgan fingerprint density at radius 2 is 1.88 bits per heavy atom. The molecule has 2 aliphatic rings. The molecular weight excluding hydrogens is 434 g/mol. The predicted octanol–water partition coefficient (Wildman–Crippen LogP) is 4.00. The van der Waals surface area contributed by atoms with Gasteiger partial charge >= 0.3 is 5.97 Å². The highest BCUT2D eigenvalue weighted by Gasteiger charge is 2.42. The van der Waals surface area contributed by atoms with Gasteiger partial charge in [-0.15, -0.1) is 0 Å². The molecule has 0 aliphatic carbocycles. The number of carbonyl (C=O) groups is 1. The molecule has 3 rings (SSSR count). The standard InChI is InChI=1S/C27H39NO6/c1-16-10-11-17(2)25-23(33-27(5,6)34-25)9-7-8-20-13-22(31-15-21(29)14-28)12-18(3)24(20)26(30)32-19(16)4/h7-8,10-13,16-17,19,21,23,25,29H,9,14-15,28H2,1-6H3/b8-7?,11-10-/t16-,17?,19+,21?,23+,25?/m1/s1. The van der Waals surface area contributed by atoms with Gasteiger partial charge in [-0.3, -0.25) is 0 Å². The van der Waals surface area contributed by atoms with Gasteiger partial charge in [0.1, 0.15) is 24.6 Å². The SMILES string of the molecule is Cc1cc(OCC(O)CN)cc2c1C(=O)O[C@@H](C)[C@H](C)/C=C\C(C)C1OC(C)(C)O[C@H]1CC=C2. The highest BCUT2D eigenvalue weighted by Crippen LogP contribution is 2.35. The molecule has 0 saturated carbocycles. The average Bonchev–Trinajstić information content (AvgIpc) is 3.08. The van der Waals surface area contributed by atoms with Crippen molar-refractivity contribution in [2.24, 2.45) is 17.6 Å². The number of benzene rings is 1. The van der Waals surface area contributed by atoms with E-state index in [4.69, 9.17) is 24.7 Å². The molecule has 1 fully saturated rings. The molecule has 0 radical (unpaired) electrons. The molecule has 0 bridgehead atoms. The number of aliphatic hydroxyl groups excluding tert-OH is 1. The molecule has 1 aromatic rings. The first-order valence-electron chi connectivity index (χ1n) is 12.1. The van der Waals surface area contributed by atoms with Crippen molar-refractivity contribution in [1.29, 1.82) is 0 Å². The van der Waals surface area contributed by atoms with Crippen LogP contribution in [-0.4, -0.2) is 54.4 Å². The lowest BCUT2D eigenvalue weighted by molar-refractivity contribution is -0.148. The van der Waals surface area contributed by atoms with Crippen LogP contribution >= 0.6 is 0 Å². The third-order valence-corrected chi connectivity index (χ3v) is 6.42. The summed E-state index contributed by atoms with van der Waals surface area (Å²) in [4.78, 5) is 13.2. The van der Waals surface area contributed by atoms with Crippen molar-refractivity contribution in [2.45, 2.75) is 78.2 Å². The molecule has 7 nitrogen and oxygen atoms in total. The average molecular weight is 474 g/mol. The third-order valence-electron chi connectivity index (χ3n) is 6.42. The molecule has 0 amide bonds. The zero-order chi connectivity index (χ0) is 25.0. The van der Waals surface area contributed by atoms with E-state index in [0.717, 1.165) is 5.56 Å². The molecular formula is C27H39NO6. The van der Waals surface area contributed by atoms with Crippen LogP contribution in [0.4, 0.5) is 0 Å². The van der Waals surface area contributed by atoms with Crippen LogP contribution in [0, 0.1) is 18.8 Å². The van der Waals surface area contributed by atoms with Crippen molar-refractivity contribution in [3.05, 3.63) is 47.1 Å². The highest BCUT2D eigenvalue weighted by molar-refractivity contribution is 5.95. The minimum absolute atomic E-state index is 0.0303. The second-order valence-electron chi connectivity index (χ2n) is 9.90. The van der Waals surface area contributed by atoms with E-state index >= 15 is 0 Å². The van der Waals surface area contributed by atoms with E-state index in [2.05, 4.69) is 19.1 Å². The van der Waals surface area contributed by atoms with Gasteiger partial charge in [-0.25, -0.2) is 4.79 Å². The van der Waals surface area contributed by atoms with Crippen molar-refractivity contribution >= 4 is 12.0 Å². The van der Waals surface area contributed by atoms with Crippen LogP contribution in [0.3, 0.4) is 0 Å². The largest absolute Gasteiger partial charge is 0.491 e. The second kappa shape index (κ2) is 11.0. The van der Waals surface area contributed by atoms with Crippen LogP contribution < -0.4 is 10.5 Å². The molecule has 1 saturated heterocycles. The zero-order valence-electron chi connectivity index (χ0n) is 21.1. The summed E-state index contributed by atoms with van der Waals surface area (Å²) in [5.74, 6) is -0.307. The summed E-state index contributed by atoms with van der Waals surface area (Å²) in [5.41, 5.74) is 7.41. The summed E-state index contributed by atoms with van der Waals surface area (Å²) >= 11 is 0. The summed E-state index contributed by atoms with van der Waals surface area (Å²) in [5, 5.41) is 9.76. The first kappa shape index (κ1) is 26.4. The molecule has 0 spiro atoms. The highest BCUT2D eigenvalue weighted by atomic mass is 16.8. The van der Waals surface area contributed by atoms with Crippen LogP contribution in [-0.2, 0) is 14.2 Å². The Labute approximate surface area is 202 Å². The van der Waals surface area contributed by atoms with Gasteiger partial charge in [-0.2, -0.15) is 0 Å². The topological polar surface area (TPSA) is 100 Å². The molecule has 6 atom stereocenters. The van der Waals surface area contributed by atoms with Gasteiger partial charge in [0.25, 0.3) is 0 Å². The lowest BCUT2D eigenvalue weighted by atomic mass is 9.94. The molecule has 0 aromatic heterocycles. The molecule has 7 heteroatoms. The van der Waals surface area contributed by atoms with E-state index in [0.29, 0.717) is 23.3 Å². The van der Waals surface area contributed by atoms with Crippen LogP contribution in [0.15, 0.2) is 30.4 Å². The maximum atomic E-state index is 13.2. The summed E-state index contributed by atoms with van der Waals surface area (Å²) in [7, 11) is 0. The van der Waals surface area contributed by atoms with E-state index < -0.39 is 11.9 Å². The first-order valence-corrected chi connectivity index (χ1v) is 12.1. The summed E-state index contributed by atoms with van der Waals surface area (Å²) < 4.78 is 24.0. The van der Waals surface area contributed by atoms with Crippen LogP contribution in [0.5, 0.6) is 5.75 Å². The predicted molar refractivity (Wildman–Crippen MR) is 132 cm³/mol. The number of rotatable bonds is 4. The van der Waals surface area contributed by atoms with Gasteiger partial charge in [0, 0.05) is 18.4 Å². The van der Waals surface area contributed by atoms with E-state index in [9.17, 15) is 9.90 Å². The smallest absolute Gasteiger partial charge is 0.339 e. The fourth-order valence-electron chi connectivity index (χ4n) is 4.31. The van der Waals surface area contributed by atoms with Gasteiger partial charge < -0.3 is 29.8 Å². The molecule has 2 heterocycles. The van der Waals surface area contributed by atoms with Gasteiger partial charge in [0.05, 0.1) is 17.8 Å². The molecule has 34 heavy (non-hydrogen) atoms. The number of aryl methyl sites for hydroxylation is 1. The van der Waals surface area contributed by atoms with Crippen molar-refractivity contribution in [3.63, 3.8) is 0 Å². The number of ether oxygens (including phenoxy) is 4. The van der Waals surface area contributed by atoms with E-state index in [-0.39, 0.29) is 49.3 Å². The molecule has 3 N–H and O–H groups in total. The van der Waals surface area contributed by atoms with Crippen LogP contribution in [0.1, 0.15) is 62.5 Å². The zero-order valence-corrected chi connectivity index (χ0v) is 21.1. The van der Waals surface area contributed by atoms with Crippen molar-refractivity contribution in [1.82, 2.24) is 0 Å². The van der Waals surface area contributed by atoms with Crippen molar-refractivity contribution in [2.75, 3.05) is 13.2 Å². The van der Waals surface area contributed by atoms with Gasteiger partial charge in [0.2, 0.25) is 0 Å². The Morgan fingerprint density at radius 1 is 1.18 bits per heavy atom. The summed E-state index contributed by atoms with van der Waals surface area (Å²) in [6.45, 7) is 12.0. The molecule has 3 unspecified atom stereocenters. The van der Waals surface area contributed by atoms with Crippen molar-refractivity contribution in [3.8, 4) is 5.75 Å². The van der Waals surface area contributed by atoms with Crippen LogP contribution in [0.25, 0.3) is 6.08 Å². The minimum Gasteiger partial charge on any atom is -0.491 e. The van der Waals surface area contributed by atoms with E-state index in [1.807, 2.05) is 46.8 Å². The number of cyclic esters (lactones) is 1. The fraction of sp³-hybridized carbons (Fsp3) is 0.593. The Kier molecular flexibility index (Phi) is 8.57. The molecule has 188 valence electrons. The number of hydrogen-bond donors (Lipinski definition) is 2. The van der Waals surface area contributed by atoms with Gasteiger partial charge in [-0.1, -0.05) is 38.2 Å². The molecule has 1 aromatic carbocycles. The number of aliphatic hydroxyl groups is 1. The monoisotopic (exact) mass is 473 g/mol. The Bertz CT molecular complexity index is 924. The van der Waals surface area contributed by atoms with E-state index in [1.54, 1.807) is 12.1 Å². The number of fused-ring (bicyclic) bond motifs is 2. The van der Waals surface area contributed by atoms with Gasteiger partial charge in [-0.05, 0) is 57.4 Å². The summed E-state index contributed by atoms with van der Waals surface area (Å²) in [6.07, 6.45) is 7.49. The normalized spacial score (nSPS) is 31.1. The lowest BCUT2D eigenvalue weighted by Gasteiger charge is -2.23. The fourth-order valence-corrected chi connectivity index (χ4v) is 4.31. The Hall–Kier alpha value is -2.19. The maximum Gasteiger partial charge on any atom is 0.339 e. The summed E-state index contributed by atoms with van der Waals surface area (Å²) in [6, 6.07) is 3.57. The number of carbonyl (C=O) groups excluding carboxylic acids is 1. The van der Waals surface area contributed by atoms with Crippen molar-refractivity contribution < 1.29 is 28.8 Å².